The summed E-state index contributed by atoms with van der Waals surface area (Å²) in [6.07, 6.45) is 0. The SMILES string of the molecule is Cc1ccc(-c2nn(C)c(=O)c3ccccc23)cc1CNC(=O)c1ccccc1. The van der Waals surface area contributed by atoms with Crippen LogP contribution in [0.1, 0.15) is 21.5 Å². The van der Waals surface area contributed by atoms with Crippen molar-refractivity contribution in [2.45, 2.75) is 13.5 Å². The van der Waals surface area contributed by atoms with Crippen LogP contribution < -0.4 is 10.9 Å². The van der Waals surface area contributed by atoms with Crippen molar-refractivity contribution in [1.82, 2.24) is 15.1 Å². The van der Waals surface area contributed by atoms with Crippen molar-refractivity contribution < 1.29 is 4.79 Å². The Morgan fingerprint density at radius 3 is 2.41 bits per heavy atom. The van der Waals surface area contributed by atoms with E-state index < -0.39 is 0 Å². The third-order valence-electron chi connectivity index (χ3n) is 5.05. The van der Waals surface area contributed by atoms with Gasteiger partial charge >= 0.3 is 0 Å². The maximum absolute atomic E-state index is 12.4. The molecular weight excluding hydrogens is 362 g/mol. The lowest BCUT2D eigenvalue weighted by Gasteiger charge is -2.12. The van der Waals surface area contributed by atoms with Gasteiger partial charge in [0.05, 0.1) is 11.1 Å². The van der Waals surface area contributed by atoms with Crippen LogP contribution in [0.5, 0.6) is 0 Å². The zero-order valence-corrected chi connectivity index (χ0v) is 16.3. The van der Waals surface area contributed by atoms with E-state index in [0.29, 0.717) is 17.5 Å². The summed E-state index contributed by atoms with van der Waals surface area (Å²) in [4.78, 5) is 24.8. The molecule has 3 aromatic carbocycles. The van der Waals surface area contributed by atoms with Gasteiger partial charge in [0, 0.05) is 30.1 Å². The minimum atomic E-state index is -0.119. The van der Waals surface area contributed by atoms with Gasteiger partial charge in [0.2, 0.25) is 0 Å². The number of nitrogens with zero attached hydrogens (tertiary/aromatic N) is 2. The summed E-state index contributed by atoms with van der Waals surface area (Å²) < 4.78 is 1.37. The second-order valence-corrected chi connectivity index (χ2v) is 7.01. The lowest BCUT2D eigenvalue weighted by Crippen LogP contribution is -2.23. The Labute approximate surface area is 168 Å². The van der Waals surface area contributed by atoms with Crippen molar-refractivity contribution >= 4 is 16.7 Å². The third kappa shape index (κ3) is 3.67. The van der Waals surface area contributed by atoms with E-state index in [1.54, 1.807) is 19.2 Å². The van der Waals surface area contributed by atoms with E-state index in [1.165, 1.54) is 4.68 Å². The van der Waals surface area contributed by atoms with E-state index in [2.05, 4.69) is 10.4 Å². The Hall–Kier alpha value is -3.73. The van der Waals surface area contributed by atoms with Crippen LogP contribution in [0.3, 0.4) is 0 Å². The lowest BCUT2D eigenvalue weighted by molar-refractivity contribution is 0.0951. The summed E-state index contributed by atoms with van der Waals surface area (Å²) in [7, 11) is 1.66. The van der Waals surface area contributed by atoms with E-state index in [-0.39, 0.29) is 11.5 Å². The van der Waals surface area contributed by atoms with Crippen LogP contribution in [0, 0.1) is 6.92 Å². The summed E-state index contributed by atoms with van der Waals surface area (Å²) in [5, 5.41) is 8.94. The van der Waals surface area contributed by atoms with Gasteiger partial charge in [-0.2, -0.15) is 5.10 Å². The Morgan fingerprint density at radius 2 is 1.66 bits per heavy atom. The number of benzene rings is 3. The molecule has 0 bridgehead atoms. The first-order chi connectivity index (χ1) is 14.0. The molecule has 0 unspecified atom stereocenters. The normalized spacial score (nSPS) is 10.8. The minimum Gasteiger partial charge on any atom is -0.348 e. The number of aromatic nitrogens is 2. The van der Waals surface area contributed by atoms with Crippen LogP contribution in [0.25, 0.3) is 22.0 Å². The van der Waals surface area contributed by atoms with Gasteiger partial charge in [-0.3, -0.25) is 9.59 Å². The van der Waals surface area contributed by atoms with E-state index in [1.807, 2.05) is 67.6 Å². The number of carbonyl (C=O) groups is 1. The van der Waals surface area contributed by atoms with E-state index in [4.69, 9.17) is 0 Å². The average Bonchev–Trinajstić information content (AvgIpc) is 2.76. The first kappa shape index (κ1) is 18.6. The summed E-state index contributed by atoms with van der Waals surface area (Å²) in [6.45, 7) is 2.43. The highest BCUT2D eigenvalue weighted by Crippen LogP contribution is 2.26. The molecule has 144 valence electrons. The molecule has 1 amide bonds. The molecule has 0 spiro atoms. The summed E-state index contributed by atoms with van der Waals surface area (Å²) in [5.74, 6) is -0.110. The molecule has 5 nitrogen and oxygen atoms in total. The maximum Gasteiger partial charge on any atom is 0.274 e. The molecule has 1 N–H and O–H groups in total. The molecule has 1 aromatic heterocycles. The molecular formula is C24H21N3O2. The molecule has 0 radical (unpaired) electrons. The van der Waals surface area contributed by atoms with Gasteiger partial charge in [-0.05, 0) is 42.3 Å². The Kier molecular flexibility index (Phi) is 4.96. The van der Waals surface area contributed by atoms with Crippen molar-refractivity contribution in [3.8, 4) is 11.3 Å². The van der Waals surface area contributed by atoms with Crippen LogP contribution in [0.2, 0.25) is 0 Å². The van der Waals surface area contributed by atoms with E-state index in [0.717, 1.165) is 27.8 Å². The molecule has 0 fully saturated rings. The first-order valence-electron chi connectivity index (χ1n) is 9.44. The van der Waals surface area contributed by atoms with Crippen molar-refractivity contribution in [2.24, 2.45) is 7.05 Å². The first-order valence-corrected chi connectivity index (χ1v) is 9.44. The number of nitrogens with one attached hydrogen (secondary N) is 1. The van der Waals surface area contributed by atoms with Crippen LogP contribution in [0.4, 0.5) is 0 Å². The Morgan fingerprint density at radius 1 is 0.966 bits per heavy atom. The zero-order valence-electron chi connectivity index (χ0n) is 16.3. The Balaban J connectivity index is 1.69. The smallest absolute Gasteiger partial charge is 0.274 e. The maximum atomic E-state index is 12.4. The quantitative estimate of drug-likeness (QED) is 0.582. The largest absolute Gasteiger partial charge is 0.348 e. The number of hydrogen-bond acceptors (Lipinski definition) is 3. The van der Waals surface area contributed by atoms with Gasteiger partial charge in [-0.15, -0.1) is 0 Å². The number of fused-ring (bicyclic) bond motifs is 1. The van der Waals surface area contributed by atoms with Crippen molar-refractivity contribution in [2.75, 3.05) is 0 Å². The highest BCUT2D eigenvalue weighted by molar-refractivity contribution is 5.95. The molecule has 0 aliphatic carbocycles. The van der Waals surface area contributed by atoms with E-state index >= 15 is 0 Å². The van der Waals surface area contributed by atoms with Crippen LogP contribution in [-0.4, -0.2) is 15.7 Å². The average molecular weight is 383 g/mol. The zero-order chi connectivity index (χ0) is 20.4. The number of rotatable bonds is 4. The highest BCUT2D eigenvalue weighted by atomic mass is 16.1. The molecule has 0 aliphatic rings. The van der Waals surface area contributed by atoms with Crippen molar-refractivity contribution in [3.05, 3.63) is 99.8 Å². The van der Waals surface area contributed by atoms with Gasteiger partial charge in [0.25, 0.3) is 11.5 Å². The molecule has 5 heteroatoms. The minimum absolute atomic E-state index is 0.110. The van der Waals surface area contributed by atoms with Gasteiger partial charge in [0.15, 0.2) is 0 Å². The topological polar surface area (TPSA) is 64.0 Å². The van der Waals surface area contributed by atoms with Crippen molar-refractivity contribution in [1.29, 1.82) is 0 Å². The molecule has 1 heterocycles. The lowest BCUT2D eigenvalue weighted by atomic mass is 10.00. The number of aryl methyl sites for hydroxylation is 2. The fraction of sp³-hybridized carbons (Fsp3) is 0.125. The monoisotopic (exact) mass is 383 g/mol. The van der Waals surface area contributed by atoms with Gasteiger partial charge < -0.3 is 5.32 Å². The molecule has 0 saturated heterocycles. The van der Waals surface area contributed by atoms with Gasteiger partial charge in [-0.1, -0.05) is 48.5 Å². The summed E-state index contributed by atoms with van der Waals surface area (Å²) in [6, 6.07) is 22.7. The second kappa shape index (κ2) is 7.72. The van der Waals surface area contributed by atoms with Crippen molar-refractivity contribution in [3.63, 3.8) is 0 Å². The van der Waals surface area contributed by atoms with Crippen LogP contribution in [-0.2, 0) is 13.6 Å². The third-order valence-corrected chi connectivity index (χ3v) is 5.05. The molecule has 29 heavy (non-hydrogen) atoms. The fourth-order valence-electron chi connectivity index (χ4n) is 3.39. The predicted molar refractivity (Wildman–Crippen MR) is 115 cm³/mol. The summed E-state index contributed by atoms with van der Waals surface area (Å²) in [5.41, 5.74) is 4.26. The van der Waals surface area contributed by atoms with Gasteiger partial charge in [-0.25, -0.2) is 4.68 Å². The van der Waals surface area contributed by atoms with E-state index in [9.17, 15) is 9.59 Å². The Bertz CT molecular complexity index is 1260. The molecule has 0 saturated carbocycles. The fourth-order valence-corrected chi connectivity index (χ4v) is 3.39. The van der Waals surface area contributed by atoms with Gasteiger partial charge in [0.1, 0.15) is 0 Å². The second-order valence-electron chi connectivity index (χ2n) is 7.01. The van der Waals surface area contributed by atoms with Crippen LogP contribution in [0.15, 0.2) is 77.6 Å². The molecule has 4 aromatic rings. The number of amides is 1. The highest BCUT2D eigenvalue weighted by Gasteiger charge is 2.12. The molecule has 0 aliphatic heterocycles. The predicted octanol–water partition coefficient (Wildman–Crippen LogP) is 3.84. The summed E-state index contributed by atoms with van der Waals surface area (Å²) >= 11 is 0. The van der Waals surface area contributed by atoms with Crippen LogP contribution >= 0.6 is 0 Å². The number of carbonyl (C=O) groups excluding carboxylic acids is 1. The molecule has 4 rings (SSSR count). The molecule has 0 atom stereocenters. The number of hydrogen-bond donors (Lipinski definition) is 1. The standard InChI is InChI=1S/C24H21N3O2/c1-16-12-13-18(14-19(16)15-25-23(28)17-8-4-3-5-9-17)22-20-10-6-7-11-21(20)24(29)27(2)26-22/h3-14H,15H2,1-2H3,(H,25,28).